The lowest BCUT2D eigenvalue weighted by Gasteiger charge is -2.30. The highest BCUT2D eigenvalue weighted by molar-refractivity contribution is 7.89. The molecule has 21 heavy (non-hydrogen) atoms. The molecule has 9 heteroatoms. The maximum Gasteiger partial charge on any atom is 0.306 e. The Bertz CT molecular complexity index is 610. The van der Waals surface area contributed by atoms with Crippen LogP contribution in [0.1, 0.15) is 32.0 Å². The normalized spacial score (nSPS) is 20.8. The highest BCUT2D eigenvalue weighted by Crippen LogP contribution is 2.20. The van der Waals surface area contributed by atoms with Crippen molar-refractivity contribution in [1.82, 2.24) is 14.3 Å². The van der Waals surface area contributed by atoms with E-state index in [0.29, 0.717) is 5.82 Å². The van der Waals surface area contributed by atoms with E-state index in [-0.39, 0.29) is 37.1 Å². The first-order valence-corrected chi connectivity index (χ1v) is 8.13. The van der Waals surface area contributed by atoms with Gasteiger partial charge in [-0.1, -0.05) is 13.8 Å². The van der Waals surface area contributed by atoms with Gasteiger partial charge in [0.1, 0.15) is 5.82 Å². The van der Waals surface area contributed by atoms with Gasteiger partial charge in [0.25, 0.3) is 10.0 Å². The molecule has 8 nitrogen and oxygen atoms in total. The van der Waals surface area contributed by atoms with E-state index in [4.69, 9.17) is 9.84 Å². The Labute approximate surface area is 123 Å². The number of hydrogen-bond donors (Lipinski definition) is 2. The van der Waals surface area contributed by atoms with Crippen molar-refractivity contribution in [2.75, 3.05) is 19.7 Å². The SMILES string of the molecule is CC(C)c1ncc(S(=O)(=O)N2CCOC(CC(=O)O)C2)[nH]1. The molecule has 1 aliphatic rings. The Morgan fingerprint density at radius 3 is 2.90 bits per heavy atom. The van der Waals surface area contributed by atoms with Crippen LogP contribution in [-0.4, -0.2) is 59.6 Å². The fourth-order valence-corrected chi connectivity index (χ4v) is 3.49. The maximum absolute atomic E-state index is 12.5. The van der Waals surface area contributed by atoms with Gasteiger partial charge in [0.15, 0.2) is 5.03 Å². The molecule has 1 fully saturated rings. The number of H-pyrrole nitrogens is 1. The van der Waals surface area contributed by atoms with Gasteiger partial charge in [0.05, 0.1) is 25.3 Å². The quantitative estimate of drug-likeness (QED) is 0.812. The molecule has 1 saturated heterocycles. The second kappa shape index (κ2) is 6.12. The van der Waals surface area contributed by atoms with Crippen LogP contribution in [0, 0.1) is 0 Å². The summed E-state index contributed by atoms with van der Waals surface area (Å²) in [5.41, 5.74) is 0. The predicted molar refractivity (Wildman–Crippen MR) is 73.4 cm³/mol. The van der Waals surface area contributed by atoms with Crippen LogP contribution in [0.25, 0.3) is 0 Å². The summed E-state index contributed by atoms with van der Waals surface area (Å²) in [4.78, 5) is 17.6. The van der Waals surface area contributed by atoms with E-state index in [1.54, 1.807) is 0 Å². The highest BCUT2D eigenvalue weighted by Gasteiger charge is 2.33. The standard InChI is InChI=1S/C12H19N3O5S/c1-8(2)12-13-6-10(14-12)21(18,19)15-3-4-20-9(7-15)5-11(16)17/h6,8-9H,3-5,7H2,1-2H3,(H,13,14)(H,16,17). The molecule has 1 aromatic heterocycles. The summed E-state index contributed by atoms with van der Waals surface area (Å²) in [7, 11) is -3.70. The fraction of sp³-hybridized carbons (Fsp3) is 0.667. The number of rotatable bonds is 5. The van der Waals surface area contributed by atoms with E-state index in [1.807, 2.05) is 13.8 Å². The van der Waals surface area contributed by atoms with Crippen LogP contribution < -0.4 is 0 Å². The third-order valence-electron chi connectivity index (χ3n) is 3.24. The van der Waals surface area contributed by atoms with Gasteiger partial charge in [-0.25, -0.2) is 13.4 Å². The van der Waals surface area contributed by atoms with Gasteiger partial charge < -0.3 is 14.8 Å². The zero-order valence-corrected chi connectivity index (χ0v) is 12.8. The van der Waals surface area contributed by atoms with Crippen molar-refractivity contribution >= 4 is 16.0 Å². The van der Waals surface area contributed by atoms with Crippen LogP contribution in [0.3, 0.4) is 0 Å². The number of nitrogens with zero attached hydrogens (tertiary/aromatic N) is 2. The van der Waals surface area contributed by atoms with Gasteiger partial charge >= 0.3 is 5.97 Å². The molecular formula is C12H19N3O5S. The van der Waals surface area contributed by atoms with E-state index in [9.17, 15) is 13.2 Å². The van der Waals surface area contributed by atoms with E-state index >= 15 is 0 Å². The Kier molecular flexibility index (Phi) is 4.64. The van der Waals surface area contributed by atoms with Crippen LogP contribution >= 0.6 is 0 Å². The molecule has 0 radical (unpaired) electrons. The van der Waals surface area contributed by atoms with Crippen molar-refractivity contribution in [2.24, 2.45) is 0 Å². The number of aromatic nitrogens is 2. The fourth-order valence-electron chi connectivity index (χ4n) is 2.11. The molecule has 1 unspecified atom stereocenters. The van der Waals surface area contributed by atoms with Crippen LogP contribution in [0.4, 0.5) is 0 Å². The second-order valence-electron chi connectivity index (χ2n) is 5.24. The zero-order valence-electron chi connectivity index (χ0n) is 11.9. The number of carboxylic acids is 1. The minimum atomic E-state index is -3.70. The number of carboxylic acid groups (broad SMARTS) is 1. The summed E-state index contributed by atoms with van der Waals surface area (Å²) < 4.78 is 31.5. The van der Waals surface area contributed by atoms with Crippen LogP contribution in [0.15, 0.2) is 11.2 Å². The molecule has 1 aromatic rings. The largest absolute Gasteiger partial charge is 0.481 e. The van der Waals surface area contributed by atoms with Crippen molar-refractivity contribution < 1.29 is 23.1 Å². The van der Waals surface area contributed by atoms with Gasteiger partial charge in [-0.15, -0.1) is 0 Å². The molecule has 0 aromatic carbocycles. The summed E-state index contributed by atoms with van der Waals surface area (Å²) in [6.45, 7) is 4.24. The minimum Gasteiger partial charge on any atom is -0.481 e. The molecule has 1 aliphatic heterocycles. The maximum atomic E-state index is 12.5. The lowest BCUT2D eigenvalue weighted by molar-refractivity contribution is -0.141. The summed E-state index contributed by atoms with van der Waals surface area (Å²) in [6, 6.07) is 0. The Balaban J connectivity index is 2.16. The number of ether oxygens (including phenoxy) is 1. The average Bonchev–Trinajstić information content (AvgIpc) is 2.88. The zero-order chi connectivity index (χ0) is 15.6. The number of morpholine rings is 1. The minimum absolute atomic E-state index is 0.0298. The lowest BCUT2D eigenvalue weighted by Crippen LogP contribution is -2.46. The Morgan fingerprint density at radius 2 is 2.33 bits per heavy atom. The van der Waals surface area contributed by atoms with Gasteiger partial charge in [-0.2, -0.15) is 4.31 Å². The van der Waals surface area contributed by atoms with Crippen molar-refractivity contribution in [3.8, 4) is 0 Å². The van der Waals surface area contributed by atoms with Gasteiger partial charge in [0, 0.05) is 19.0 Å². The highest BCUT2D eigenvalue weighted by atomic mass is 32.2. The molecule has 118 valence electrons. The summed E-state index contributed by atoms with van der Waals surface area (Å²) in [5, 5.41) is 8.80. The number of sulfonamides is 1. The topological polar surface area (TPSA) is 113 Å². The smallest absolute Gasteiger partial charge is 0.306 e. The van der Waals surface area contributed by atoms with Crippen LogP contribution in [-0.2, 0) is 19.6 Å². The second-order valence-corrected chi connectivity index (χ2v) is 7.15. The van der Waals surface area contributed by atoms with Crippen molar-refractivity contribution in [3.63, 3.8) is 0 Å². The van der Waals surface area contributed by atoms with Crippen molar-refractivity contribution in [1.29, 1.82) is 0 Å². The first-order chi connectivity index (χ1) is 9.80. The molecule has 0 bridgehead atoms. The van der Waals surface area contributed by atoms with Crippen molar-refractivity contribution in [2.45, 2.75) is 37.3 Å². The Hall–Kier alpha value is -1.45. The number of carbonyl (C=O) groups is 1. The number of nitrogens with one attached hydrogen (secondary N) is 1. The molecule has 0 amide bonds. The average molecular weight is 317 g/mol. The monoisotopic (exact) mass is 317 g/mol. The summed E-state index contributed by atoms with van der Waals surface area (Å²) >= 11 is 0. The molecule has 0 saturated carbocycles. The van der Waals surface area contributed by atoms with E-state index in [1.165, 1.54) is 10.5 Å². The predicted octanol–water partition coefficient (Wildman–Crippen LogP) is 0.397. The molecular weight excluding hydrogens is 298 g/mol. The lowest BCUT2D eigenvalue weighted by atomic mass is 10.2. The molecule has 0 spiro atoms. The molecule has 1 atom stereocenters. The van der Waals surface area contributed by atoms with E-state index < -0.39 is 22.1 Å². The first-order valence-electron chi connectivity index (χ1n) is 6.69. The van der Waals surface area contributed by atoms with E-state index in [2.05, 4.69) is 9.97 Å². The molecule has 2 rings (SSSR count). The number of aliphatic carboxylic acids is 1. The summed E-state index contributed by atoms with van der Waals surface area (Å²) in [6.07, 6.45) is 0.456. The summed E-state index contributed by atoms with van der Waals surface area (Å²) in [5.74, 6) is -0.315. The number of hydrogen-bond acceptors (Lipinski definition) is 5. The van der Waals surface area contributed by atoms with Crippen molar-refractivity contribution in [3.05, 3.63) is 12.0 Å². The van der Waals surface area contributed by atoms with Gasteiger partial charge in [-0.05, 0) is 0 Å². The van der Waals surface area contributed by atoms with Gasteiger partial charge in [-0.3, -0.25) is 4.79 Å². The third-order valence-corrected chi connectivity index (χ3v) is 5.02. The number of imidazole rings is 1. The molecule has 2 heterocycles. The van der Waals surface area contributed by atoms with Crippen LogP contribution in [0.2, 0.25) is 0 Å². The molecule has 0 aliphatic carbocycles. The molecule has 2 N–H and O–H groups in total. The first kappa shape index (κ1) is 15.9. The van der Waals surface area contributed by atoms with E-state index in [0.717, 1.165) is 0 Å². The third kappa shape index (κ3) is 3.60. The van der Waals surface area contributed by atoms with Gasteiger partial charge in [0.2, 0.25) is 0 Å². The number of aromatic amines is 1. The Morgan fingerprint density at radius 1 is 1.62 bits per heavy atom. The van der Waals surface area contributed by atoms with Crippen LogP contribution in [0.5, 0.6) is 0 Å².